The number of carbonyl (C=O) groups is 3. The number of hydrogen-bond acceptors (Lipinski definition) is 8. The SMILES string of the molecule is C=CCOC(=O)N1CCOC[C@H]1COC[C@H](NC(=O)OCC1c2ccccc2-c2ccccc21)C(=O)OC. The first kappa shape index (κ1) is 27.2. The molecule has 10 heteroatoms. The number of rotatable bonds is 10. The molecule has 38 heavy (non-hydrogen) atoms. The van der Waals surface area contributed by atoms with Crippen LogP contribution >= 0.6 is 0 Å². The summed E-state index contributed by atoms with van der Waals surface area (Å²) in [4.78, 5) is 38.8. The van der Waals surface area contributed by atoms with E-state index in [1.54, 1.807) is 0 Å². The quantitative estimate of drug-likeness (QED) is 0.287. The molecule has 0 unspecified atom stereocenters. The number of esters is 1. The second-order valence-corrected chi connectivity index (χ2v) is 8.87. The van der Waals surface area contributed by atoms with Gasteiger partial charge in [-0.1, -0.05) is 61.2 Å². The van der Waals surface area contributed by atoms with Gasteiger partial charge in [-0.3, -0.25) is 4.90 Å². The van der Waals surface area contributed by atoms with Gasteiger partial charge in [0.2, 0.25) is 0 Å². The molecule has 1 heterocycles. The number of carbonyl (C=O) groups excluding carboxylic acids is 3. The van der Waals surface area contributed by atoms with Crippen LogP contribution in [0.3, 0.4) is 0 Å². The van der Waals surface area contributed by atoms with Crippen molar-refractivity contribution in [2.24, 2.45) is 0 Å². The summed E-state index contributed by atoms with van der Waals surface area (Å²) < 4.78 is 26.6. The molecule has 10 nitrogen and oxygen atoms in total. The minimum absolute atomic E-state index is 0.0725. The van der Waals surface area contributed by atoms with Gasteiger partial charge in [0, 0.05) is 12.5 Å². The molecule has 2 aromatic rings. The van der Waals surface area contributed by atoms with Crippen LogP contribution in [0.1, 0.15) is 17.0 Å². The average Bonchev–Trinajstić information content (AvgIpc) is 3.27. The number of ether oxygens (including phenoxy) is 5. The summed E-state index contributed by atoms with van der Waals surface area (Å²) in [6.45, 7) is 4.62. The van der Waals surface area contributed by atoms with E-state index in [1.165, 1.54) is 18.1 Å². The molecule has 2 amide bonds. The second kappa shape index (κ2) is 13.1. The lowest BCUT2D eigenvalue weighted by Crippen LogP contribution is -2.52. The maximum absolute atomic E-state index is 12.7. The standard InChI is InChI=1S/C28H32N2O8/c1-3-13-37-28(33)30-12-14-35-15-19(30)16-36-18-25(26(31)34-2)29-27(32)38-17-24-22-10-6-4-8-20(22)21-9-5-7-11-23(21)24/h3-11,19,24-25H,1,12-18H2,2H3,(H,29,32)/t19-,25-/m0/s1. The lowest BCUT2D eigenvalue weighted by atomic mass is 9.98. The summed E-state index contributed by atoms with van der Waals surface area (Å²) in [5.41, 5.74) is 4.40. The number of methoxy groups -OCH3 is 1. The maximum Gasteiger partial charge on any atom is 0.410 e. The van der Waals surface area contributed by atoms with Crippen LogP contribution in [-0.2, 0) is 28.5 Å². The lowest BCUT2D eigenvalue weighted by Gasteiger charge is -2.34. The monoisotopic (exact) mass is 524 g/mol. The van der Waals surface area contributed by atoms with Crippen molar-refractivity contribution in [1.82, 2.24) is 10.2 Å². The first-order valence-corrected chi connectivity index (χ1v) is 12.4. The van der Waals surface area contributed by atoms with Gasteiger partial charge in [0.1, 0.15) is 13.2 Å². The van der Waals surface area contributed by atoms with E-state index in [4.69, 9.17) is 23.7 Å². The molecule has 0 aromatic heterocycles. The Morgan fingerprint density at radius 3 is 2.42 bits per heavy atom. The van der Waals surface area contributed by atoms with Gasteiger partial charge in [-0.2, -0.15) is 0 Å². The Morgan fingerprint density at radius 1 is 1.08 bits per heavy atom. The zero-order valence-corrected chi connectivity index (χ0v) is 21.3. The zero-order chi connectivity index (χ0) is 26.9. The van der Waals surface area contributed by atoms with Gasteiger partial charge < -0.3 is 29.0 Å². The highest BCUT2D eigenvalue weighted by atomic mass is 16.6. The van der Waals surface area contributed by atoms with Crippen LogP contribution in [0.4, 0.5) is 9.59 Å². The third-order valence-electron chi connectivity index (χ3n) is 6.50. The molecule has 202 valence electrons. The third kappa shape index (κ3) is 6.32. The van der Waals surface area contributed by atoms with Crippen LogP contribution < -0.4 is 5.32 Å². The topological polar surface area (TPSA) is 113 Å². The van der Waals surface area contributed by atoms with Gasteiger partial charge in [0.05, 0.1) is 39.6 Å². The predicted molar refractivity (Wildman–Crippen MR) is 138 cm³/mol. The highest BCUT2D eigenvalue weighted by Gasteiger charge is 2.31. The number of hydrogen-bond donors (Lipinski definition) is 1. The van der Waals surface area contributed by atoms with Gasteiger partial charge in [0.15, 0.2) is 6.04 Å². The van der Waals surface area contributed by atoms with E-state index < -0.39 is 30.2 Å². The van der Waals surface area contributed by atoms with Crippen molar-refractivity contribution in [3.8, 4) is 11.1 Å². The van der Waals surface area contributed by atoms with Gasteiger partial charge in [-0.25, -0.2) is 14.4 Å². The fraction of sp³-hybridized carbons (Fsp3) is 0.393. The van der Waals surface area contributed by atoms with Gasteiger partial charge >= 0.3 is 18.2 Å². The molecule has 4 rings (SSSR count). The maximum atomic E-state index is 12.7. The number of nitrogens with zero attached hydrogens (tertiary/aromatic N) is 1. The van der Waals surface area contributed by atoms with Gasteiger partial charge in [0.25, 0.3) is 0 Å². The molecule has 2 atom stereocenters. The van der Waals surface area contributed by atoms with Crippen molar-refractivity contribution in [3.05, 3.63) is 72.3 Å². The molecule has 1 aliphatic carbocycles. The van der Waals surface area contributed by atoms with Gasteiger partial charge in [-0.05, 0) is 22.3 Å². The van der Waals surface area contributed by atoms with Crippen molar-refractivity contribution in [3.63, 3.8) is 0 Å². The lowest BCUT2D eigenvalue weighted by molar-refractivity contribution is -0.145. The second-order valence-electron chi connectivity index (χ2n) is 8.87. The summed E-state index contributed by atoms with van der Waals surface area (Å²) in [5, 5.41) is 2.53. The molecule has 1 aliphatic heterocycles. The normalized spacial score (nSPS) is 17.1. The van der Waals surface area contributed by atoms with Crippen LogP contribution in [0.2, 0.25) is 0 Å². The Kier molecular flexibility index (Phi) is 9.34. The molecule has 0 radical (unpaired) electrons. The number of fused-ring (bicyclic) bond motifs is 3. The first-order valence-electron chi connectivity index (χ1n) is 12.4. The Hall–Kier alpha value is -3.89. The fourth-order valence-corrected chi connectivity index (χ4v) is 4.66. The van der Waals surface area contributed by atoms with Crippen molar-refractivity contribution in [1.29, 1.82) is 0 Å². The summed E-state index contributed by atoms with van der Waals surface area (Å²) >= 11 is 0. The van der Waals surface area contributed by atoms with Crippen molar-refractivity contribution >= 4 is 18.2 Å². The first-order chi connectivity index (χ1) is 18.5. The van der Waals surface area contributed by atoms with E-state index in [2.05, 4.69) is 24.0 Å². The highest BCUT2D eigenvalue weighted by Crippen LogP contribution is 2.44. The van der Waals surface area contributed by atoms with Crippen LogP contribution in [0.5, 0.6) is 0 Å². The fourth-order valence-electron chi connectivity index (χ4n) is 4.66. The Morgan fingerprint density at radius 2 is 1.76 bits per heavy atom. The molecule has 1 N–H and O–H groups in total. The Bertz CT molecular complexity index is 1110. The number of nitrogens with one attached hydrogen (secondary N) is 1. The smallest absolute Gasteiger partial charge is 0.410 e. The minimum atomic E-state index is -1.10. The molecule has 0 spiro atoms. The highest BCUT2D eigenvalue weighted by molar-refractivity contribution is 5.82. The predicted octanol–water partition coefficient (Wildman–Crippen LogP) is 3.11. The number of morpholine rings is 1. The van der Waals surface area contributed by atoms with E-state index >= 15 is 0 Å². The minimum Gasteiger partial charge on any atom is -0.467 e. The molecular weight excluding hydrogens is 492 g/mol. The van der Waals surface area contributed by atoms with Crippen LogP contribution in [0, 0.1) is 0 Å². The summed E-state index contributed by atoms with van der Waals surface area (Å²) in [5.74, 6) is -0.792. The molecule has 1 fully saturated rings. The van der Waals surface area contributed by atoms with Crippen molar-refractivity contribution in [2.45, 2.75) is 18.0 Å². The summed E-state index contributed by atoms with van der Waals surface area (Å²) in [6.07, 6.45) is 0.226. The third-order valence-corrected chi connectivity index (χ3v) is 6.50. The van der Waals surface area contributed by atoms with Crippen LogP contribution in [-0.4, -0.2) is 88.4 Å². The molecular formula is C28H32N2O8. The van der Waals surface area contributed by atoms with Crippen molar-refractivity contribution in [2.75, 3.05) is 53.3 Å². The van der Waals surface area contributed by atoms with E-state index in [1.807, 2.05) is 36.4 Å². The summed E-state index contributed by atoms with van der Waals surface area (Å²) in [7, 11) is 1.22. The number of benzene rings is 2. The van der Waals surface area contributed by atoms with E-state index in [0.29, 0.717) is 13.2 Å². The van der Waals surface area contributed by atoms with Gasteiger partial charge in [-0.15, -0.1) is 0 Å². The van der Waals surface area contributed by atoms with E-state index in [9.17, 15) is 14.4 Å². The van der Waals surface area contributed by atoms with Crippen LogP contribution in [0.25, 0.3) is 11.1 Å². The molecule has 2 aromatic carbocycles. The molecule has 0 saturated carbocycles. The average molecular weight is 525 g/mol. The molecule has 2 aliphatic rings. The Balaban J connectivity index is 1.31. The van der Waals surface area contributed by atoms with Crippen LogP contribution in [0.15, 0.2) is 61.2 Å². The van der Waals surface area contributed by atoms with E-state index in [0.717, 1.165) is 22.3 Å². The van der Waals surface area contributed by atoms with E-state index in [-0.39, 0.29) is 39.0 Å². The Labute approximate surface area is 221 Å². The van der Waals surface area contributed by atoms with Crippen molar-refractivity contribution < 1.29 is 38.1 Å². The number of alkyl carbamates (subject to hydrolysis) is 1. The summed E-state index contributed by atoms with van der Waals surface area (Å²) in [6, 6.07) is 14.5. The molecule has 0 bridgehead atoms. The molecule has 1 saturated heterocycles. The number of amides is 2. The zero-order valence-electron chi connectivity index (χ0n) is 21.3. The largest absolute Gasteiger partial charge is 0.467 e.